The Balaban J connectivity index is 1.50. The summed E-state index contributed by atoms with van der Waals surface area (Å²) in [7, 11) is 0. The molecule has 4 rings (SSSR count). The molecule has 1 fully saturated rings. The lowest BCUT2D eigenvalue weighted by molar-refractivity contribution is -0.117. The average molecular weight is 444 g/mol. The summed E-state index contributed by atoms with van der Waals surface area (Å²) in [6.07, 6.45) is 1.88. The first kappa shape index (κ1) is 20.4. The summed E-state index contributed by atoms with van der Waals surface area (Å²) < 4.78 is 5.25. The highest BCUT2D eigenvalue weighted by Crippen LogP contribution is 2.36. The van der Waals surface area contributed by atoms with E-state index in [1.807, 2.05) is 24.3 Å². The number of aryl methyl sites for hydroxylation is 1. The summed E-state index contributed by atoms with van der Waals surface area (Å²) in [5.74, 6) is 0.175. The Hall–Kier alpha value is -2.83. The molecule has 1 saturated carbocycles. The molecule has 0 unspecified atom stereocenters. The van der Waals surface area contributed by atoms with Gasteiger partial charge < -0.3 is 15.2 Å². The van der Waals surface area contributed by atoms with E-state index in [9.17, 15) is 9.59 Å². The number of rotatable bonds is 6. The first-order valence-electron chi connectivity index (χ1n) is 9.52. The standard InChI is InChI=1S/C22H19Cl2N3O3/c1-12-18(20(27-30-12)19-16(23)6-3-7-17(19)24)22(29)25-11-13-4-2-5-15(10-13)26-21(28)14-8-9-14/h2-7,10,14H,8-9,11H2,1H3,(H,25,29)(H,26,28). The monoisotopic (exact) mass is 443 g/mol. The molecule has 2 N–H and O–H groups in total. The quantitative estimate of drug-likeness (QED) is 0.545. The van der Waals surface area contributed by atoms with Gasteiger partial charge in [0.1, 0.15) is 17.0 Å². The molecule has 2 aromatic carbocycles. The van der Waals surface area contributed by atoms with Crippen molar-refractivity contribution in [3.05, 3.63) is 69.4 Å². The summed E-state index contributed by atoms with van der Waals surface area (Å²) in [4.78, 5) is 24.9. The van der Waals surface area contributed by atoms with Crippen LogP contribution in [0.15, 0.2) is 47.0 Å². The van der Waals surface area contributed by atoms with Crippen LogP contribution >= 0.6 is 23.2 Å². The minimum atomic E-state index is -0.354. The summed E-state index contributed by atoms with van der Waals surface area (Å²) >= 11 is 12.6. The van der Waals surface area contributed by atoms with Crippen LogP contribution in [0.25, 0.3) is 11.3 Å². The highest BCUT2D eigenvalue weighted by molar-refractivity contribution is 6.39. The van der Waals surface area contributed by atoms with Crippen molar-refractivity contribution >= 4 is 40.7 Å². The molecule has 2 amide bonds. The Morgan fingerprint density at radius 1 is 1.13 bits per heavy atom. The molecule has 0 atom stereocenters. The van der Waals surface area contributed by atoms with Gasteiger partial charge in [0.15, 0.2) is 0 Å². The number of anilines is 1. The van der Waals surface area contributed by atoms with Crippen LogP contribution < -0.4 is 10.6 Å². The lowest BCUT2D eigenvalue weighted by atomic mass is 10.1. The molecule has 6 nitrogen and oxygen atoms in total. The van der Waals surface area contributed by atoms with E-state index in [0.717, 1.165) is 18.4 Å². The van der Waals surface area contributed by atoms with Gasteiger partial charge in [0.05, 0.1) is 10.0 Å². The molecule has 0 radical (unpaired) electrons. The Bertz CT molecular complexity index is 1100. The van der Waals surface area contributed by atoms with Crippen molar-refractivity contribution in [2.45, 2.75) is 26.3 Å². The molecule has 3 aromatic rings. The number of aromatic nitrogens is 1. The van der Waals surface area contributed by atoms with E-state index in [0.29, 0.717) is 32.8 Å². The van der Waals surface area contributed by atoms with Gasteiger partial charge in [-0.1, -0.05) is 46.6 Å². The number of halogens is 2. The van der Waals surface area contributed by atoms with Crippen LogP contribution in [0.5, 0.6) is 0 Å². The molecule has 1 aliphatic rings. The normalized spacial score (nSPS) is 13.2. The van der Waals surface area contributed by atoms with Crippen molar-refractivity contribution in [1.82, 2.24) is 10.5 Å². The van der Waals surface area contributed by atoms with Crippen molar-refractivity contribution in [1.29, 1.82) is 0 Å². The zero-order chi connectivity index (χ0) is 21.3. The van der Waals surface area contributed by atoms with E-state index in [2.05, 4.69) is 15.8 Å². The fraction of sp³-hybridized carbons (Fsp3) is 0.227. The van der Waals surface area contributed by atoms with Gasteiger partial charge in [-0.25, -0.2) is 0 Å². The lowest BCUT2D eigenvalue weighted by Crippen LogP contribution is -2.24. The van der Waals surface area contributed by atoms with E-state index < -0.39 is 0 Å². The first-order chi connectivity index (χ1) is 14.4. The zero-order valence-corrected chi connectivity index (χ0v) is 17.7. The van der Waals surface area contributed by atoms with E-state index in [4.69, 9.17) is 27.7 Å². The van der Waals surface area contributed by atoms with Crippen LogP contribution in [0, 0.1) is 12.8 Å². The molecule has 0 aliphatic heterocycles. The third-order valence-electron chi connectivity index (χ3n) is 4.89. The third kappa shape index (κ3) is 4.35. The lowest BCUT2D eigenvalue weighted by Gasteiger charge is -2.10. The highest BCUT2D eigenvalue weighted by Gasteiger charge is 2.29. The van der Waals surface area contributed by atoms with Gasteiger partial charge in [0.25, 0.3) is 5.91 Å². The van der Waals surface area contributed by atoms with Crippen LogP contribution in [0.4, 0.5) is 5.69 Å². The number of benzene rings is 2. The number of nitrogens with zero attached hydrogens (tertiary/aromatic N) is 1. The van der Waals surface area contributed by atoms with Crippen molar-refractivity contribution < 1.29 is 14.1 Å². The van der Waals surface area contributed by atoms with E-state index in [1.165, 1.54) is 0 Å². The Kier molecular flexibility index (Phi) is 5.79. The van der Waals surface area contributed by atoms with Gasteiger partial charge >= 0.3 is 0 Å². The molecule has 1 heterocycles. The maximum atomic E-state index is 12.9. The van der Waals surface area contributed by atoms with Gasteiger partial charge in [-0.3, -0.25) is 9.59 Å². The maximum absolute atomic E-state index is 12.9. The average Bonchev–Trinajstić information content (AvgIpc) is 3.50. The molecule has 8 heteroatoms. The summed E-state index contributed by atoms with van der Waals surface area (Å²) in [5, 5.41) is 10.5. The highest BCUT2D eigenvalue weighted by atomic mass is 35.5. The smallest absolute Gasteiger partial charge is 0.257 e. The molecule has 154 valence electrons. The molecule has 0 saturated heterocycles. The molecule has 1 aromatic heterocycles. The van der Waals surface area contributed by atoms with E-state index in [1.54, 1.807) is 25.1 Å². The van der Waals surface area contributed by atoms with Crippen molar-refractivity contribution in [3.8, 4) is 11.3 Å². The van der Waals surface area contributed by atoms with Gasteiger partial charge in [0.2, 0.25) is 5.91 Å². The zero-order valence-electron chi connectivity index (χ0n) is 16.2. The number of amides is 2. The maximum Gasteiger partial charge on any atom is 0.257 e. The summed E-state index contributed by atoms with van der Waals surface area (Å²) in [6.45, 7) is 1.93. The van der Waals surface area contributed by atoms with Crippen LogP contribution in [-0.2, 0) is 11.3 Å². The number of carbonyl (C=O) groups excluding carboxylic acids is 2. The summed E-state index contributed by atoms with van der Waals surface area (Å²) in [5.41, 5.74) is 2.59. The fourth-order valence-electron chi connectivity index (χ4n) is 3.15. The minimum absolute atomic E-state index is 0.0394. The van der Waals surface area contributed by atoms with E-state index in [-0.39, 0.29) is 29.8 Å². The molecule has 30 heavy (non-hydrogen) atoms. The Labute approximate surface area is 183 Å². The largest absolute Gasteiger partial charge is 0.360 e. The third-order valence-corrected chi connectivity index (χ3v) is 5.52. The topological polar surface area (TPSA) is 84.2 Å². The SMILES string of the molecule is Cc1onc(-c2c(Cl)cccc2Cl)c1C(=O)NCc1cccc(NC(=O)C2CC2)c1. The second kappa shape index (κ2) is 8.50. The molecule has 0 bridgehead atoms. The number of nitrogens with one attached hydrogen (secondary N) is 2. The second-order valence-electron chi connectivity index (χ2n) is 7.21. The summed E-state index contributed by atoms with van der Waals surface area (Å²) in [6, 6.07) is 12.4. The minimum Gasteiger partial charge on any atom is -0.360 e. The molecule has 0 spiro atoms. The van der Waals surface area contributed by atoms with Crippen molar-refractivity contribution in [3.63, 3.8) is 0 Å². The van der Waals surface area contributed by atoms with Gasteiger partial charge in [-0.15, -0.1) is 0 Å². The van der Waals surface area contributed by atoms with Crippen molar-refractivity contribution in [2.24, 2.45) is 5.92 Å². The van der Waals surface area contributed by atoms with Crippen molar-refractivity contribution in [2.75, 3.05) is 5.32 Å². The van der Waals surface area contributed by atoms with Gasteiger partial charge in [-0.05, 0) is 49.6 Å². The first-order valence-corrected chi connectivity index (χ1v) is 10.3. The second-order valence-corrected chi connectivity index (χ2v) is 8.02. The van der Waals surface area contributed by atoms with Gasteiger partial charge in [0, 0.05) is 23.7 Å². The van der Waals surface area contributed by atoms with Crippen LogP contribution in [-0.4, -0.2) is 17.0 Å². The Morgan fingerprint density at radius 3 is 2.53 bits per heavy atom. The van der Waals surface area contributed by atoms with Gasteiger partial charge in [-0.2, -0.15) is 0 Å². The number of hydrogen-bond donors (Lipinski definition) is 2. The molecular formula is C22H19Cl2N3O3. The van der Waals surface area contributed by atoms with Crippen LogP contribution in [0.2, 0.25) is 10.0 Å². The predicted octanol–water partition coefficient (Wildman–Crippen LogP) is 5.24. The fourth-order valence-corrected chi connectivity index (χ4v) is 3.73. The number of hydrogen-bond acceptors (Lipinski definition) is 4. The molecule has 1 aliphatic carbocycles. The van der Waals surface area contributed by atoms with Crippen LogP contribution in [0.3, 0.4) is 0 Å². The Morgan fingerprint density at radius 2 is 1.83 bits per heavy atom. The predicted molar refractivity (Wildman–Crippen MR) is 116 cm³/mol. The molecular weight excluding hydrogens is 425 g/mol. The van der Waals surface area contributed by atoms with Crippen LogP contribution in [0.1, 0.15) is 34.5 Å². The van der Waals surface area contributed by atoms with E-state index >= 15 is 0 Å². The number of carbonyl (C=O) groups is 2.